The molecule has 0 fully saturated rings. The average molecular weight is 516 g/mol. The van der Waals surface area contributed by atoms with E-state index in [4.69, 9.17) is 27.9 Å². The van der Waals surface area contributed by atoms with Crippen LogP contribution < -0.4 is 5.32 Å². The van der Waals surface area contributed by atoms with E-state index in [0.717, 1.165) is 38.2 Å². The molecule has 0 saturated heterocycles. The second-order valence-electron chi connectivity index (χ2n) is 7.76. The molecule has 0 saturated carbocycles. The first-order valence-electron chi connectivity index (χ1n) is 10.7. The number of rotatable bonds is 7. The average Bonchev–Trinajstić information content (AvgIpc) is 3.24. The van der Waals surface area contributed by atoms with Gasteiger partial charge in [-0.1, -0.05) is 60.5 Å². The Morgan fingerprint density at radius 3 is 2.65 bits per heavy atom. The molecular weight excluding hydrogens is 493 g/mol. The van der Waals surface area contributed by atoms with Gasteiger partial charge in [-0.25, -0.2) is 14.8 Å². The summed E-state index contributed by atoms with van der Waals surface area (Å²) in [7, 11) is 1.37. The Labute approximate surface area is 211 Å². The number of nitrogens with zero attached hydrogens (tertiary/aromatic N) is 2. The van der Waals surface area contributed by atoms with E-state index in [-0.39, 0.29) is 15.8 Å². The number of methoxy groups -OCH3 is 1. The first-order valence-corrected chi connectivity index (χ1v) is 12.3. The van der Waals surface area contributed by atoms with Gasteiger partial charge in [-0.2, -0.15) is 0 Å². The Kier molecular flexibility index (Phi) is 7.26. The molecule has 0 radical (unpaired) electrons. The van der Waals surface area contributed by atoms with Crippen molar-refractivity contribution in [3.8, 4) is 16.9 Å². The topological polar surface area (TPSA) is 84.3 Å². The first kappa shape index (κ1) is 24.3. The molecule has 0 aliphatic carbocycles. The summed E-state index contributed by atoms with van der Waals surface area (Å²) in [5, 5.41) is 14.6. The number of fused-ring (bicyclic) bond motifs is 1. The number of hydrogen-bond acceptors (Lipinski definition) is 7. The number of aromatic nitrogens is 2. The Morgan fingerprint density at radius 1 is 1.24 bits per heavy atom. The van der Waals surface area contributed by atoms with Crippen LogP contribution in [0, 0.1) is 6.92 Å². The number of nitrogens with one attached hydrogen (secondary N) is 1. The Hall–Kier alpha value is -2.87. The molecule has 2 aromatic heterocycles. The molecule has 4 rings (SSSR count). The van der Waals surface area contributed by atoms with E-state index in [9.17, 15) is 9.90 Å². The quantitative estimate of drug-likeness (QED) is 0.275. The number of hydrogen-bond donors (Lipinski definition) is 2. The molecule has 2 N–H and O–H groups in total. The van der Waals surface area contributed by atoms with E-state index < -0.39 is 12.0 Å². The summed E-state index contributed by atoms with van der Waals surface area (Å²) in [5.41, 5.74) is 3.35. The van der Waals surface area contributed by atoms with Crippen molar-refractivity contribution in [2.24, 2.45) is 0 Å². The molecule has 176 valence electrons. The van der Waals surface area contributed by atoms with Crippen molar-refractivity contribution in [2.45, 2.75) is 32.7 Å². The minimum atomic E-state index is -0.656. The second kappa shape index (κ2) is 10.2. The van der Waals surface area contributed by atoms with Crippen LogP contribution >= 0.6 is 34.5 Å². The highest BCUT2D eigenvalue weighted by Crippen LogP contribution is 2.47. The number of carbonyl (C=O) groups excluding carboxylic acids is 1. The maximum Gasteiger partial charge on any atom is 0.328 e. The molecule has 2 aromatic carbocycles. The summed E-state index contributed by atoms with van der Waals surface area (Å²) in [6.45, 7) is 3.89. The van der Waals surface area contributed by atoms with E-state index in [1.165, 1.54) is 13.4 Å². The van der Waals surface area contributed by atoms with Gasteiger partial charge in [0.05, 0.1) is 22.5 Å². The van der Waals surface area contributed by atoms with Crippen molar-refractivity contribution in [2.75, 3.05) is 12.4 Å². The molecule has 1 atom stereocenters. The van der Waals surface area contributed by atoms with Gasteiger partial charge in [0, 0.05) is 16.9 Å². The zero-order valence-electron chi connectivity index (χ0n) is 18.9. The second-order valence-corrected chi connectivity index (χ2v) is 9.63. The molecule has 0 spiro atoms. The van der Waals surface area contributed by atoms with Crippen LogP contribution in [0.15, 0.2) is 42.7 Å². The van der Waals surface area contributed by atoms with Gasteiger partial charge in [-0.15, -0.1) is 11.3 Å². The molecule has 6 nitrogen and oxygen atoms in total. The summed E-state index contributed by atoms with van der Waals surface area (Å²) in [6.07, 6.45) is 2.65. The largest absolute Gasteiger partial charge is 0.505 e. The summed E-state index contributed by atoms with van der Waals surface area (Å²) in [4.78, 5) is 23.5. The fourth-order valence-corrected chi connectivity index (χ4v) is 5.48. The van der Waals surface area contributed by atoms with Crippen molar-refractivity contribution in [1.82, 2.24) is 9.97 Å². The number of anilines is 1. The number of aryl methyl sites for hydroxylation is 1. The number of phenols is 1. The third-order valence-corrected chi connectivity index (χ3v) is 7.66. The lowest BCUT2D eigenvalue weighted by molar-refractivity contribution is -0.141. The normalized spacial score (nSPS) is 12.0. The maximum absolute atomic E-state index is 12.7. The van der Waals surface area contributed by atoms with Gasteiger partial charge in [0.1, 0.15) is 23.0 Å². The van der Waals surface area contributed by atoms with E-state index in [1.807, 2.05) is 37.3 Å². The van der Waals surface area contributed by atoms with Crippen molar-refractivity contribution < 1.29 is 14.6 Å². The van der Waals surface area contributed by atoms with Crippen LogP contribution in [0.2, 0.25) is 10.0 Å². The molecule has 0 aliphatic rings. The van der Waals surface area contributed by atoms with Crippen LogP contribution in [-0.2, 0) is 22.4 Å². The SMILES string of the molecule is CCc1sc2ncnc(N[C@H](Cc3ccccc3)C(=O)OC)c2c1-c1cc(Cl)c(O)c(Cl)c1C. The van der Waals surface area contributed by atoms with Crippen LogP contribution in [0.3, 0.4) is 0 Å². The van der Waals surface area contributed by atoms with E-state index >= 15 is 0 Å². The van der Waals surface area contributed by atoms with Crippen LogP contribution in [0.5, 0.6) is 5.75 Å². The van der Waals surface area contributed by atoms with Gasteiger partial charge in [0.2, 0.25) is 0 Å². The van der Waals surface area contributed by atoms with Gasteiger partial charge in [-0.3, -0.25) is 0 Å². The summed E-state index contributed by atoms with van der Waals surface area (Å²) >= 11 is 14.2. The fraction of sp³-hybridized carbons (Fsp3) is 0.240. The number of halogens is 2. The van der Waals surface area contributed by atoms with Crippen molar-refractivity contribution in [3.05, 3.63) is 68.8 Å². The van der Waals surface area contributed by atoms with Crippen molar-refractivity contribution in [1.29, 1.82) is 0 Å². The summed E-state index contributed by atoms with van der Waals surface area (Å²) < 4.78 is 5.07. The van der Waals surface area contributed by atoms with Gasteiger partial charge in [0.15, 0.2) is 5.75 Å². The lowest BCUT2D eigenvalue weighted by Crippen LogP contribution is -2.33. The van der Waals surface area contributed by atoms with Gasteiger partial charge >= 0.3 is 5.97 Å². The molecule has 0 amide bonds. The standard InChI is InChI=1S/C25H23Cl2N3O3S/c1-4-18-19(15-11-16(26)22(31)21(27)13(15)2)20-23(28-12-29-24(20)34-18)30-17(25(32)33-3)10-14-8-6-5-7-9-14/h5-9,11-12,17,31H,4,10H2,1-3H3,(H,28,29,30)/t17-/m1/s1. The zero-order valence-corrected chi connectivity index (χ0v) is 21.2. The first-order chi connectivity index (χ1) is 16.3. The highest BCUT2D eigenvalue weighted by molar-refractivity contribution is 7.19. The van der Waals surface area contributed by atoms with E-state index in [1.54, 1.807) is 17.4 Å². The van der Waals surface area contributed by atoms with E-state index in [2.05, 4.69) is 22.2 Å². The molecule has 0 unspecified atom stereocenters. The molecular formula is C25H23Cl2N3O3S. The molecule has 34 heavy (non-hydrogen) atoms. The number of benzene rings is 2. The Bertz CT molecular complexity index is 1360. The number of aromatic hydroxyl groups is 1. The molecule has 9 heteroatoms. The monoisotopic (exact) mass is 515 g/mol. The number of carbonyl (C=O) groups is 1. The Balaban J connectivity index is 1.88. The lowest BCUT2D eigenvalue weighted by atomic mass is 9.97. The molecule has 2 heterocycles. The number of thiophene rings is 1. The Morgan fingerprint density at radius 2 is 1.97 bits per heavy atom. The highest BCUT2D eigenvalue weighted by Gasteiger charge is 2.26. The van der Waals surface area contributed by atoms with Crippen LogP contribution in [0.4, 0.5) is 5.82 Å². The summed E-state index contributed by atoms with van der Waals surface area (Å²) in [5.74, 6) is -0.0256. The third kappa shape index (κ3) is 4.56. The smallest absolute Gasteiger partial charge is 0.328 e. The number of phenolic OH excluding ortho intramolecular Hbond substituents is 1. The fourth-order valence-electron chi connectivity index (χ4n) is 3.94. The van der Waals surface area contributed by atoms with Gasteiger partial charge in [-0.05, 0) is 36.1 Å². The lowest BCUT2D eigenvalue weighted by Gasteiger charge is -2.19. The minimum absolute atomic E-state index is 0.148. The minimum Gasteiger partial charge on any atom is -0.505 e. The predicted molar refractivity (Wildman–Crippen MR) is 138 cm³/mol. The molecule has 0 bridgehead atoms. The maximum atomic E-state index is 12.7. The highest BCUT2D eigenvalue weighted by atomic mass is 35.5. The van der Waals surface area contributed by atoms with Crippen molar-refractivity contribution in [3.63, 3.8) is 0 Å². The zero-order chi connectivity index (χ0) is 24.4. The van der Waals surface area contributed by atoms with Crippen LogP contribution in [-0.4, -0.2) is 34.2 Å². The third-order valence-electron chi connectivity index (χ3n) is 5.67. The predicted octanol–water partition coefficient (Wildman–Crippen LogP) is 6.44. The van der Waals surface area contributed by atoms with Gasteiger partial charge in [0.25, 0.3) is 0 Å². The van der Waals surface area contributed by atoms with Crippen LogP contribution in [0.25, 0.3) is 21.3 Å². The van der Waals surface area contributed by atoms with Crippen molar-refractivity contribution >= 4 is 56.5 Å². The van der Waals surface area contributed by atoms with Crippen LogP contribution in [0.1, 0.15) is 22.9 Å². The summed E-state index contributed by atoms with van der Waals surface area (Å²) in [6, 6.07) is 10.8. The molecule has 0 aliphatic heterocycles. The van der Waals surface area contributed by atoms with Gasteiger partial charge < -0.3 is 15.2 Å². The number of ether oxygens (including phenoxy) is 1. The van der Waals surface area contributed by atoms with E-state index in [0.29, 0.717) is 17.8 Å². The number of esters is 1. The molecule has 4 aromatic rings.